The van der Waals surface area contributed by atoms with Gasteiger partial charge in [0.25, 0.3) is 0 Å². The summed E-state index contributed by atoms with van der Waals surface area (Å²) in [6.45, 7) is 1.23. The van der Waals surface area contributed by atoms with Crippen LogP contribution in [0.1, 0.15) is 18.4 Å². The third kappa shape index (κ3) is 4.94. The number of carbonyl (C=O) groups is 2. The van der Waals surface area contributed by atoms with Gasteiger partial charge >= 0.3 is 0 Å². The van der Waals surface area contributed by atoms with Gasteiger partial charge in [0.05, 0.1) is 19.2 Å². The summed E-state index contributed by atoms with van der Waals surface area (Å²) >= 11 is 0. The maximum atomic E-state index is 12.1. The van der Waals surface area contributed by atoms with Crippen molar-refractivity contribution >= 4 is 11.8 Å². The lowest BCUT2D eigenvalue weighted by molar-refractivity contribution is -0.132. The van der Waals surface area contributed by atoms with Gasteiger partial charge in [-0.1, -0.05) is 12.1 Å². The Morgan fingerprint density at radius 2 is 1.87 bits per heavy atom. The summed E-state index contributed by atoms with van der Waals surface area (Å²) in [5, 5.41) is 5.34. The highest BCUT2D eigenvalue weighted by atomic mass is 16.5. The molecule has 23 heavy (non-hydrogen) atoms. The highest BCUT2D eigenvalue weighted by Gasteiger charge is 2.35. The molecule has 7 nitrogen and oxygen atoms in total. The quantitative estimate of drug-likeness (QED) is 0.681. The van der Waals surface area contributed by atoms with Gasteiger partial charge in [-0.05, 0) is 30.5 Å². The van der Waals surface area contributed by atoms with Crippen LogP contribution in [0, 0.1) is 0 Å². The number of methoxy groups -OCH3 is 1. The van der Waals surface area contributed by atoms with E-state index in [0.29, 0.717) is 32.6 Å². The van der Waals surface area contributed by atoms with Crippen LogP contribution < -0.4 is 21.1 Å². The SMILES string of the molecule is COc1ccc(CNC(=O)CNC(=O)C2(N)CCOCC2)cc1. The first kappa shape index (κ1) is 17.2. The Morgan fingerprint density at radius 3 is 2.48 bits per heavy atom. The normalized spacial score (nSPS) is 16.4. The first-order chi connectivity index (χ1) is 11.0. The van der Waals surface area contributed by atoms with Crippen LogP contribution in [-0.2, 0) is 20.9 Å². The van der Waals surface area contributed by atoms with E-state index >= 15 is 0 Å². The maximum absolute atomic E-state index is 12.1. The summed E-state index contributed by atoms with van der Waals surface area (Å²) < 4.78 is 10.3. The van der Waals surface area contributed by atoms with Crippen molar-refractivity contribution in [2.45, 2.75) is 24.9 Å². The van der Waals surface area contributed by atoms with Crippen LogP contribution in [0.2, 0.25) is 0 Å². The van der Waals surface area contributed by atoms with Crippen LogP contribution in [0.5, 0.6) is 5.75 Å². The molecular weight excluding hydrogens is 298 g/mol. The lowest BCUT2D eigenvalue weighted by Crippen LogP contribution is -2.58. The molecule has 0 spiro atoms. The number of carbonyl (C=O) groups excluding carboxylic acids is 2. The van der Waals surface area contributed by atoms with E-state index in [1.54, 1.807) is 7.11 Å². The van der Waals surface area contributed by atoms with E-state index in [2.05, 4.69) is 10.6 Å². The molecule has 1 aromatic rings. The van der Waals surface area contributed by atoms with Gasteiger partial charge in [0.1, 0.15) is 5.75 Å². The summed E-state index contributed by atoms with van der Waals surface area (Å²) in [4.78, 5) is 23.9. The summed E-state index contributed by atoms with van der Waals surface area (Å²) in [5.41, 5.74) is 6.06. The second-order valence-electron chi connectivity index (χ2n) is 5.58. The molecule has 0 atom stereocenters. The van der Waals surface area contributed by atoms with Gasteiger partial charge in [-0.2, -0.15) is 0 Å². The molecule has 1 saturated heterocycles. The minimum Gasteiger partial charge on any atom is -0.497 e. The highest BCUT2D eigenvalue weighted by molar-refractivity contribution is 5.90. The van der Waals surface area contributed by atoms with Gasteiger partial charge in [-0.3, -0.25) is 9.59 Å². The topological polar surface area (TPSA) is 103 Å². The zero-order valence-electron chi connectivity index (χ0n) is 13.3. The van der Waals surface area contributed by atoms with E-state index in [0.717, 1.165) is 11.3 Å². The lowest BCUT2D eigenvalue weighted by Gasteiger charge is -2.31. The van der Waals surface area contributed by atoms with Gasteiger partial charge in [0.2, 0.25) is 11.8 Å². The number of rotatable bonds is 6. The molecule has 0 aliphatic carbocycles. The first-order valence-electron chi connectivity index (χ1n) is 7.58. The number of hydrogen-bond acceptors (Lipinski definition) is 5. The largest absolute Gasteiger partial charge is 0.497 e. The van der Waals surface area contributed by atoms with Crippen molar-refractivity contribution in [3.05, 3.63) is 29.8 Å². The van der Waals surface area contributed by atoms with Gasteiger partial charge in [0, 0.05) is 19.8 Å². The summed E-state index contributed by atoms with van der Waals surface area (Å²) in [6.07, 6.45) is 0.929. The molecule has 1 fully saturated rings. The number of ether oxygens (including phenoxy) is 2. The molecule has 0 saturated carbocycles. The van der Waals surface area contributed by atoms with Crippen molar-refractivity contribution in [1.82, 2.24) is 10.6 Å². The Labute approximate surface area is 135 Å². The molecule has 0 aromatic heterocycles. The molecule has 2 rings (SSSR count). The molecule has 2 amide bonds. The van der Waals surface area contributed by atoms with Gasteiger partial charge < -0.3 is 25.8 Å². The van der Waals surface area contributed by atoms with Crippen molar-refractivity contribution in [3.63, 3.8) is 0 Å². The molecule has 1 heterocycles. The second kappa shape index (κ2) is 7.94. The molecule has 0 radical (unpaired) electrons. The van der Waals surface area contributed by atoms with E-state index in [1.807, 2.05) is 24.3 Å². The minimum absolute atomic E-state index is 0.0885. The molecule has 1 aliphatic heterocycles. The number of nitrogens with two attached hydrogens (primary N) is 1. The fourth-order valence-electron chi connectivity index (χ4n) is 2.31. The van der Waals surface area contributed by atoms with E-state index in [1.165, 1.54) is 0 Å². The van der Waals surface area contributed by atoms with Crippen LogP contribution in [0.4, 0.5) is 0 Å². The van der Waals surface area contributed by atoms with Crippen molar-refractivity contribution in [1.29, 1.82) is 0 Å². The van der Waals surface area contributed by atoms with Crippen LogP contribution in [0.25, 0.3) is 0 Å². The highest BCUT2D eigenvalue weighted by Crippen LogP contribution is 2.17. The number of benzene rings is 1. The molecule has 0 unspecified atom stereocenters. The second-order valence-corrected chi connectivity index (χ2v) is 5.58. The van der Waals surface area contributed by atoms with Gasteiger partial charge in [-0.15, -0.1) is 0 Å². The molecular formula is C16H23N3O4. The summed E-state index contributed by atoms with van der Waals surface area (Å²) in [5.74, 6) is 0.197. The van der Waals surface area contributed by atoms with E-state index < -0.39 is 5.54 Å². The molecule has 7 heteroatoms. The number of amides is 2. The van der Waals surface area contributed by atoms with E-state index in [4.69, 9.17) is 15.2 Å². The monoisotopic (exact) mass is 321 g/mol. The molecule has 1 aromatic carbocycles. The summed E-state index contributed by atoms with van der Waals surface area (Å²) in [6, 6.07) is 7.39. The minimum atomic E-state index is -0.936. The Balaban J connectivity index is 1.73. The number of nitrogens with one attached hydrogen (secondary N) is 2. The third-order valence-electron chi connectivity index (χ3n) is 3.90. The smallest absolute Gasteiger partial charge is 0.240 e. The van der Waals surface area contributed by atoms with Gasteiger partial charge in [-0.25, -0.2) is 0 Å². The predicted octanol–water partition coefficient (Wildman–Crippen LogP) is -0.0645. The Hall–Kier alpha value is -2.12. The zero-order valence-corrected chi connectivity index (χ0v) is 13.3. The van der Waals surface area contributed by atoms with Crippen LogP contribution in [0.15, 0.2) is 24.3 Å². The fraction of sp³-hybridized carbons (Fsp3) is 0.500. The molecule has 1 aliphatic rings. The maximum Gasteiger partial charge on any atom is 0.240 e. The van der Waals surface area contributed by atoms with Crippen LogP contribution in [-0.4, -0.2) is 44.2 Å². The van der Waals surface area contributed by atoms with Gasteiger partial charge in [0.15, 0.2) is 0 Å². The van der Waals surface area contributed by atoms with Crippen molar-refractivity contribution in [2.75, 3.05) is 26.9 Å². The molecule has 0 bridgehead atoms. The van der Waals surface area contributed by atoms with Crippen LogP contribution >= 0.6 is 0 Å². The molecule has 4 N–H and O–H groups in total. The first-order valence-corrected chi connectivity index (χ1v) is 7.58. The lowest BCUT2D eigenvalue weighted by atomic mass is 9.90. The third-order valence-corrected chi connectivity index (χ3v) is 3.90. The zero-order chi connectivity index (χ0) is 16.7. The van der Waals surface area contributed by atoms with Crippen LogP contribution in [0.3, 0.4) is 0 Å². The predicted molar refractivity (Wildman–Crippen MR) is 84.8 cm³/mol. The Bertz CT molecular complexity index is 539. The molecule has 126 valence electrons. The Morgan fingerprint density at radius 1 is 1.22 bits per heavy atom. The average molecular weight is 321 g/mol. The average Bonchev–Trinajstić information content (AvgIpc) is 2.58. The standard InChI is InChI=1S/C16H23N3O4/c1-22-13-4-2-12(3-5-13)10-18-14(20)11-19-15(21)16(17)6-8-23-9-7-16/h2-5H,6-11,17H2,1H3,(H,18,20)(H,19,21). The van der Waals surface area contributed by atoms with Crippen molar-refractivity contribution < 1.29 is 19.1 Å². The van der Waals surface area contributed by atoms with E-state index in [9.17, 15) is 9.59 Å². The summed E-state index contributed by atoms with van der Waals surface area (Å²) in [7, 11) is 1.60. The van der Waals surface area contributed by atoms with E-state index in [-0.39, 0.29) is 18.4 Å². The number of hydrogen-bond donors (Lipinski definition) is 3. The van der Waals surface area contributed by atoms with Crippen molar-refractivity contribution in [3.8, 4) is 5.75 Å². The van der Waals surface area contributed by atoms with Crippen molar-refractivity contribution in [2.24, 2.45) is 5.73 Å². The fourth-order valence-corrected chi connectivity index (χ4v) is 2.31. The Kier molecular flexibility index (Phi) is 5.95.